The van der Waals surface area contributed by atoms with E-state index < -0.39 is 4.92 Å². The van der Waals surface area contributed by atoms with Gasteiger partial charge in [0.25, 0.3) is 11.6 Å². The van der Waals surface area contributed by atoms with E-state index in [0.717, 1.165) is 24.6 Å². The summed E-state index contributed by atoms with van der Waals surface area (Å²) >= 11 is 3.49. The van der Waals surface area contributed by atoms with Crippen LogP contribution in [0.15, 0.2) is 24.3 Å². The molecule has 2 rings (SSSR count). The lowest BCUT2D eigenvalue weighted by Gasteiger charge is -2.30. The Morgan fingerprint density at radius 1 is 1.40 bits per heavy atom. The van der Waals surface area contributed by atoms with Gasteiger partial charge in [0.2, 0.25) is 0 Å². The van der Waals surface area contributed by atoms with Crippen LogP contribution in [0, 0.1) is 16.0 Å². The van der Waals surface area contributed by atoms with Crippen molar-refractivity contribution in [1.29, 1.82) is 0 Å². The van der Waals surface area contributed by atoms with Crippen LogP contribution < -0.4 is 5.32 Å². The summed E-state index contributed by atoms with van der Waals surface area (Å²) in [7, 11) is 0. The van der Waals surface area contributed by atoms with Crippen molar-refractivity contribution in [1.82, 2.24) is 5.32 Å². The van der Waals surface area contributed by atoms with Crippen LogP contribution >= 0.6 is 15.9 Å². The smallest absolute Gasteiger partial charge is 0.270 e. The van der Waals surface area contributed by atoms with Crippen molar-refractivity contribution >= 4 is 27.5 Å². The summed E-state index contributed by atoms with van der Waals surface area (Å²) in [5, 5.41) is 14.6. The van der Waals surface area contributed by atoms with Gasteiger partial charge in [0.05, 0.1) is 4.92 Å². The summed E-state index contributed by atoms with van der Waals surface area (Å²) < 4.78 is 0. The molecule has 108 valence electrons. The number of hydrogen-bond donors (Lipinski definition) is 1. The lowest BCUT2D eigenvalue weighted by atomic mass is 9.86. The minimum Gasteiger partial charge on any atom is -0.349 e. The van der Waals surface area contributed by atoms with Crippen LogP contribution in [0.4, 0.5) is 5.69 Å². The quantitative estimate of drug-likeness (QED) is 0.519. The van der Waals surface area contributed by atoms with Gasteiger partial charge in [0.1, 0.15) is 0 Å². The first-order valence-electron chi connectivity index (χ1n) is 6.73. The molecule has 2 unspecified atom stereocenters. The molecule has 1 aliphatic carbocycles. The van der Waals surface area contributed by atoms with Crippen molar-refractivity contribution < 1.29 is 9.72 Å². The number of amides is 1. The molecule has 0 heterocycles. The molecule has 5 nitrogen and oxygen atoms in total. The van der Waals surface area contributed by atoms with E-state index in [-0.39, 0.29) is 17.6 Å². The van der Waals surface area contributed by atoms with Gasteiger partial charge in [0.15, 0.2) is 0 Å². The van der Waals surface area contributed by atoms with Gasteiger partial charge in [-0.1, -0.05) is 34.8 Å². The van der Waals surface area contributed by atoms with E-state index in [2.05, 4.69) is 21.2 Å². The Balaban J connectivity index is 2.07. The van der Waals surface area contributed by atoms with E-state index in [1.807, 2.05) is 0 Å². The summed E-state index contributed by atoms with van der Waals surface area (Å²) in [6.07, 6.45) is 4.38. The molecule has 0 spiro atoms. The average Bonchev–Trinajstić information content (AvgIpc) is 2.48. The third-order valence-electron chi connectivity index (χ3n) is 3.74. The summed E-state index contributed by atoms with van der Waals surface area (Å²) in [5.41, 5.74) is 0.288. The fourth-order valence-electron chi connectivity index (χ4n) is 2.59. The lowest BCUT2D eigenvalue weighted by Crippen LogP contribution is -2.42. The van der Waals surface area contributed by atoms with Crippen LogP contribution in [-0.4, -0.2) is 22.2 Å². The number of alkyl halides is 1. The summed E-state index contributed by atoms with van der Waals surface area (Å²) in [4.78, 5) is 22.4. The standard InChI is InChI=1S/C14H17BrN2O3/c15-9-11-4-1-2-7-13(11)16-14(18)10-5-3-6-12(8-10)17(19)20/h3,5-6,8,11,13H,1-2,4,7,9H2,(H,16,18). The predicted octanol–water partition coefficient (Wildman–Crippen LogP) is 3.28. The van der Waals surface area contributed by atoms with Crippen LogP contribution in [-0.2, 0) is 0 Å². The van der Waals surface area contributed by atoms with E-state index in [1.54, 1.807) is 6.07 Å². The number of benzene rings is 1. The van der Waals surface area contributed by atoms with Gasteiger partial charge in [0, 0.05) is 29.1 Å². The Morgan fingerprint density at radius 2 is 2.15 bits per heavy atom. The number of rotatable bonds is 4. The van der Waals surface area contributed by atoms with Gasteiger partial charge in [-0.25, -0.2) is 0 Å². The number of non-ortho nitro benzene ring substituents is 1. The summed E-state index contributed by atoms with van der Waals surface area (Å²) in [6.45, 7) is 0. The molecule has 1 amide bonds. The van der Waals surface area contributed by atoms with Crippen molar-refractivity contribution in [2.45, 2.75) is 31.7 Å². The Kier molecular flexibility index (Phi) is 5.11. The highest BCUT2D eigenvalue weighted by atomic mass is 79.9. The van der Waals surface area contributed by atoms with E-state index in [1.165, 1.54) is 24.6 Å². The second-order valence-corrected chi connectivity index (χ2v) is 5.73. The van der Waals surface area contributed by atoms with Crippen LogP contribution in [0.2, 0.25) is 0 Å². The Morgan fingerprint density at radius 3 is 2.85 bits per heavy atom. The molecular formula is C14H17BrN2O3. The maximum absolute atomic E-state index is 12.2. The van der Waals surface area contributed by atoms with E-state index in [4.69, 9.17) is 0 Å². The molecule has 2 atom stereocenters. The molecule has 1 aromatic rings. The number of halogens is 1. The van der Waals surface area contributed by atoms with Gasteiger partial charge in [-0.05, 0) is 24.8 Å². The van der Waals surface area contributed by atoms with Gasteiger partial charge in [-0.15, -0.1) is 0 Å². The van der Waals surface area contributed by atoms with Crippen LogP contribution in [0.3, 0.4) is 0 Å². The number of carbonyl (C=O) groups is 1. The zero-order chi connectivity index (χ0) is 14.5. The van der Waals surface area contributed by atoms with Crippen molar-refractivity contribution in [2.24, 2.45) is 5.92 Å². The Bertz CT molecular complexity index is 507. The molecule has 20 heavy (non-hydrogen) atoms. The number of nitrogens with one attached hydrogen (secondary N) is 1. The minimum atomic E-state index is -0.487. The third kappa shape index (κ3) is 3.56. The fourth-order valence-corrected chi connectivity index (χ4v) is 3.37. The number of nitro benzene ring substituents is 1. The second-order valence-electron chi connectivity index (χ2n) is 5.09. The second kappa shape index (κ2) is 6.83. The molecule has 0 saturated heterocycles. The van der Waals surface area contributed by atoms with Gasteiger partial charge in [-0.3, -0.25) is 14.9 Å². The number of carbonyl (C=O) groups excluding carboxylic acids is 1. The van der Waals surface area contributed by atoms with Crippen LogP contribution in [0.25, 0.3) is 0 Å². The topological polar surface area (TPSA) is 72.2 Å². The zero-order valence-corrected chi connectivity index (χ0v) is 12.6. The SMILES string of the molecule is O=C(NC1CCCCC1CBr)c1cccc([N+](=O)[O-])c1. The Labute approximate surface area is 126 Å². The maximum Gasteiger partial charge on any atom is 0.270 e. The zero-order valence-electron chi connectivity index (χ0n) is 11.0. The largest absolute Gasteiger partial charge is 0.349 e. The molecule has 0 bridgehead atoms. The van der Waals surface area contributed by atoms with Gasteiger partial charge >= 0.3 is 0 Å². The number of nitrogens with zero attached hydrogens (tertiary/aromatic N) is 1. The van der Waals surface area contributed by atoms with E-state index in [0.29, 0.717) is 11.5 Å². The number of nitro groups is 1. The molecule has 0 aliphatic heterocycles. The first-order chi connectivity index (χ1) is 9.61. The monoisotopic (exact) mass is 340 g/mol. The maximum atomic E-state index is 12.2. The van der Waals surface area contributed by atoms with Crippen molar-refractivity contribution in [3.8, 4) is 0 Å². The number of hydrogen-bond acceptors (Lipinski definition) is 3. The Hall–Kier alpha value is -1.43. The molecule has 0 aromatic heterocycles. The van der Waals surface area contributed by atoms with Gasteiger partial charge < -0.3 is 5.32 Å². The first-order valence-corrected chi connectivity index (χ1v) is 7.85. The molecule has 1 aliphatic rings. The van der Waals surface area contributed by atoms with Crippen molar-refractivity contribution in [3.63, 3.8) is 0 Å². The van der Waals surface area contributed by atoms with Crippen molar-refractivity contribution in [3.05, 3.63) is 39.9 Å². The third-order valence-corrected chi connectivity index (χ3v) is 4.57. The molecule has 1 N–H and O–H groups in total. The highest BCUT2D eigenvalue weighted by Gasteiger charge is 2.26. The predicted molar refractivity (Wildman–Crippen MR) is 80.1 cm³/mol. The lowest BCUT2D eigenvalue weighted by molar-refractivity contribution is -0.384. The highest BCUT2D eigenvalue weighted by molar-refractivity contribution is 9.09. The molecule has 1 fully saturated rings. The van der Waals surface area contributed by atoms with Gasteiger partial charge in [-0.2, -0.15) is 0 Å². The molecule has 6 heteroatoms. The molecular weight excluding hydrogens is 324 g/mol. The molecule has 1 aromatic carbocycles. The van der Waals surface area contributed by atoms with Crippen molar-refractivity contribution in [2.75, 3.05) is 5.33 Å². The average molecular weight is 341 g/mol. The molecule has 1 saturated carbocycles. The van der Waals surface area contributed by atoms with Crippen LogP contribution in [0.1, 0.15) is 36.0 Å². The van der Waals surface area contributed by atoms with E-state index >= 15 is 0 Å². The first kappa shape index (κ1) is 15.0. The fraction of sp³-hybridized carbons (Fsp3) is 0.500. The highest BCUT2D eigenvalue weighted by Crippen LogP contribution is 2.26. The molecule has 0 radical (unpaired) electrons. The normalized spacial score (nSPS) is 22.2. The minimum absolute atomic E-state index is 0.0571. The van der Waals surface area contributed by atoms with E-state index in [9.17, 15) is 14.9 Å². The summed E-state index contributed by atoms with van der Waals surface area (Å²) in [5.74, 6) is 0.206. The summed E-state index contributed by atoms with van der Waals surface area (Å²) in [6, 6.07) is 6.00. The van der Waals surface area contributed by atoms with Crippen LogP contribution in [0.5, 0.6) is 0 Å².